The zero-order valence-corrected chi connectivity index (χ0v) is 13.5. The summed E-state index contributed by atoms with van der Waals surface area (Å²) in [5.74, 6) is -0.187. The minimum absolute atomic E-state index is 0.147. The normalized spacial score (nSPS) is 16.0. The van der Waals surface area contributed by atoms with E-state index in [-0.39, 0.29) is 28.9 Å². The third-order valence-corrected chi connectivity index (χ3v) is 4.30. The fourth-order valence-electron chi connectivity index (χ4n) is 2.20. The molecule has 2 amide bonds. The Morgan fingerprint density at radius 1 is 1.04 bits per heavy atom. The number of carbonyl (C=O) groups excluding carboxylic acids is 2. The predicted octanol–water partition coefficient (Wildman–Crippen LogP) is 3.94. The van der Waals surface area contributed by atoms with E-state index in [1.54, 1.807) is 30.3 Å². The number of thioether (sulfide) groups is 1. The van der Waals surface area contributed by atoms with Gasteiger partial charge >= 0.3 is 0 Å². The molecule has 1 aliphatic heterocycles. The second kappa shape index (κ2) is 7.31. The largest absolute Gasteiger partial charge is 0.492 e. The Bertz CT molecular complexity index is 792. The van der Waals surface area contributed by atoms with Gasteiger partial charge in [-0.1, -0.05) is 36.4 Å². The van der Waals surface area contributed by atoms with Gasteiger partial charge < -0.3 is 4.74 Å². The maximum absolute atomic E-state index is 13.7. The van der Waals surface area contributed by atoms with Gasteiger partial charge in [-0.25, -0.2) is 4.39 Å². The SMILES string of the molecule is O=C1S/C(=C\c2ccccc2F)C(=O)N1CCOc1ccccc1. The molecule has 122 valence electrons. The van der Waals surface area contributed by atoms with E-state index in [2.05, 4.69) is 0 Å². The van der Waals surface area contributed by atoms with Crippen LogP contribution in [0.15, 0.2) is 59.5 Å². The third-order valence-electron chi connectivity index (χ3n) is 3.39. The molecule has 1 fully saturated rings. The number of ether oxygens (including phenoxy) is 1. The van der Waals surface area contributed by atoms with Crippen LogP contribution in [0, 0.1) is 5.82 Å². The highest BCUT2D eigenvalue weighted by Gasteiger charge is 2.34. The van der Waals surface area contributed by atoms with Crippen LogP contribution in [0.5, 0.6) is 5.75 Å². The van der Waals surface area contributed by atoms with Crippen molar-refractivity contribution in [2.75, 3.05) is 13.2 Å². The molecule has 0 atom stereocenters. The van der Waals surface area contributed by atoms with Crippen molar-refractivity contribution in [2.45, 2.75) is 0 Å². The Morgan fingerprint density at radius 2 is 1.75 bits per heavy atom. The second-order valence-electron chi connectivity index (χ2n) is 5.02. The van der Waals surface area contributed by atoms with E-state index in [1.807, 2.05) is 18.2 Å². The van der Waals surface area contributed by atoms with Gasteiger partial charge in [0.1, 0.15) is 18.2 Å². The third kappa shape index (κ3) is 3.65. The quantitative estimate of drug-likeness (QED) is 0.772. The monoisotopic (exact) mass is 343 g/mol. The molecule has 24 heavy (non-hydrogen) atoms. The van der Waals surface area contributed by atoms with Crippen LogP contribution < -0.4 is 4.74 Å². The van der Waals surface area contributed by atoms with Crippen molar-refractivity contribution in [3.63, 3.8) is 0 Å². The summed E-state index contributed by atoms with van der Waals surface area (Å²) in [7, 11) is 0. The Labute approximate surface area is 142 Å². The van der Waals surface area contributed by atoms with Crippen LogP contribution in [0.3, 0.4) is 0 Å². The summed E-state index contributed by atoms with van der Waals surface area (Å²) in [6, 6.07) is 15.3. The van der Waals surface area contributed by atoms with Crippen LogP contribution in [-0.2, 0) is 4.79 Å². The lowest BCUT2D eigenvalue weighted by Crippen LogP contribution is -2.32. The van der Waals surface area contributed by atoms with Gasteiger partial charge in [0.25, 0.3) is 11.1 Å². The van der Waals surface area contributed by atoms with Crippen molar-refractivity contribution in [3.05, 3.63) is 70.9 Å². The summed E-state index contributed by atoms with van der Waals surface area (Å²) >= 11 is 0.808. The number of halogens is 1. The topological polar surface area (TPSA) is 46.6 Å². The Morgan fingerprint density at radius 3 is 2.50 bits per heavy atom. The Balaban J connectivity index is 1.65. The molecule has 3 rings (SSSR count). The molecule has 0 aliphatic carbocycles. The number of carbonyl (C=O) groups is 2. The molecule has 0 N–H and O–H groups in total. The molecule has 1 aliphatic rings. The van der Waals surface area contributed by atoms with E-state index in [0.717, 1.165) is 16.7 Å². The van der Waals surface area contributed by atoms with Crippen LogP contribution in [0.1, 0.15) is 5.56 Å². The first-order valence-corrected chi connectivity index (χ1v) is 8.14. The Hall–Kier alpha value is -2.60. The first-order valence-electron chi connectivity index (χ1n) is 7.33. The van der Waals surface area contributed by atoms with Gasteiger partial charge in [-0.3, -0.25) is 14.5 Å². The lowest BCUT2D eigenvalue weighted by molar-refractivity contribution is -0.123. The number of imide groups is 1. The van der Waals surface area contributed by atoms with Crippen LogP contribution in [0.25, 0.3) is 6.08 Å². The lowest BCUT2D eigenvalue weighted by Gasteiger charge is -2.13. The highest BCUT2D eigenvalue weighted by atomic mass is 32.2. The zero-order chi connectivity index (χ0) is 16.9. The van der Waals surface area contributed by atoms with Gasteiger partial charge in [-0.2, -0.15) is 0 Å². The van der Waals surface area contributed by atoms with Crippen molar-refractivity contribution in [2.24, 2.45) is 0 Å². The van der Waals surface area contributed by atoms with Gasteiger partial charge in [-0.05, 0) is 36.0 Å². The summed E-state index contributed by atoms with van der Waals surface area (Å²) in [6.07, 6.45) is 1.40. The molecule has 0 spiro atoms. The molecular formula is C18H14FNO3S. The number of benzene rings is 2. The molecule has 0 bridgehead atoms. The Kier molecular flexibility index (Phi) is 4.96. The van der Waals surface area contributed by atoms with E-state index in [1.165, 1.54) is 12.1 Å². The standard InChI is InChI=1S/C18H14FNO3S/c19-15-9-5-4-6-13(15)12-16-17(21)20(18(22)24-16)10-11-23-14-7-2-1-3-8-14/h1-9,12H,10-11H2/b16-12-. The molecule has 0 aromatic heterocycles. The van der Waals surface area contributed by atoms with E-state index in [9.17, 15) is 14.0 Å². The molecule has 1 heterocycles. The highest BCUT2D eigenvalue weighted by Crippen LogP contribution is 2.32. The summed E-state index contributed by atoms with van der Waals surface area (Å²) in [5.41, 5.74) is 0.281. The maximum Gasteiger partial charge on any atom is 0.293 e. The van der Waals surface area contributed by atoms with Crippen LogP contribution in [0.2, 0.25) is 0 Å². The van der Waals surface area contributed by atoms with Gasteiger partial charge in [0.2, 0.25) is 0 Å². The van der Waals surface area contributed by atoms with Crippen molar-refractivity contribution >= 4 is 29.0 Å². The van der Waals surface area contributed by atoms with Crippen molar-refractivity contribution in [1.29, 1.82) is 0 Å². The van der Waals surface area contributed by atoms with E-state index in [0.29, 0.717) is 5.75 Å². The molecular weight excluding hydrogens is 329 g/mol. The number of rotatable bonds is 5. The molecule has 2 aromatic rings. The molecule has 1 saturated heterocycles. The zero-order valence-electron chi connectivity index (χ0n) is 12.6. The second-order valence-corrected chi connectivity index (χ2v) is 6.01. The first kappa shape index (κ1) is 16.3. The van der Waals surface area contributed by atoms with E-state index >= 15 is 0 Å². The number of nitrogens with zero attached hydrogens (tertiary/aromatic N) is 1. The fourth-order valence-corrected chi connectivity index (χ4v) is 3.05. The van der Waals surface area contributed by atoms with Crippen LogP contribution in [0.4, 0.5) is 9.18 Å². The van der Waals surface area contributed by atoms with Gasteiger partial charge in [0, 0.05) is 5.56 Å². The summed E-state index contributed by atoms with van der Waals surface area (Å²) in [5, 5.41) is -0.376. The van der Waals surface area contributed by atoms with E-state index in [4.69, 9.17) is 4.74 Å². The lowest BCUT2D eigenvalue weighted by atomic mass is 10.2. The molecule has 0 unspecified atom stereocenters. The molecule has 0 saturated carbocycles. The number of para-hydroxylation sites is 1. The predicted molar refractivity (Wildman–Crippen MR) is 91.0 cm³/mol. The van der Waals surface area contributed by atoms with Crippen molar-refractivity contribution < 1.29 is 18.7 Å². The average Bonchev–Trinajstić information content (AvgIpc) is 2.85. The molecule has 0 radical (unpaired) electrons. The van der Waals surface area contributed by atoms with Crippen LogP contribution >= 0.6 is 11.8 Å². The number of hydrogen-bond donors (Lipinski definition) is 0. The van der Waals surface area contributed by atoms with Crippen molar-refractivity contribution in [3.8, 4) is 5.75 Å². The van der Waals surface area contributed by atoms with E-state index < -0.39 is 11.7 Å². The minimum atomic E-state index is -0.434. The first-order chi connectivity index (χ1) is 11.6. The summed E-state index contributed by atoms with van der Waals surface area (Å²) in [6.45, 7) is 0.350. The molecule has 4 nitrogen and oxygen atoms in total. The fraction of sp³-hybridized carbons (Fsp3) is 0.111. The van der Waals surface area contributed by atoms with Gasteiger partial charge in [-0.15, -0.1) is 0 Å². The number of amides is 2. The maximum atomic E-state index is 13.7. The molecule has 2 aromatic carbocycles. The summed E-state index contributed by atoms with van der Waals surface area (Å²) in [4.78, 5) is 25.6. The van der Waals surface area contributed by atoms with Crippen molar-refractivity contribution in [1.82, 2.24) is 4.90 Å². The summed E-state index contributed by atoms with van der Waals surface area (Å²) < 4.78 is 19.2. The average molecular weight is 343 g/mol. The van der Waals surface area contributed by atoms with Crippen LogP contribution in [-0.4, -0.2) is 29.2 Å². The van der Waals surface area contributed by atoms with Gasteiger partial charge in [0.05, 0.1) is 11.4 Å². The number of hydrogen-bond acceptors (Lipinski definition) is 4. The smallest absolute Gasteiger partial charge is 0.293 e. The minimum Gasteiger partial charge on any atom is -0.492 e. The highest BCUT2D eigenvalue weighted by molar-refractivity contribution is 8.18. The van der Waals surface area contributed by atoms with Gasteiger partial charge in [0.15, 0.2) is 0 Å². The molecule has 6 heteroatoms.